The average molecular weight is 376 g/mol. The molecule has 2 aromatic heterocycles. The molecule has 0 fully saturated rings. The number of hydrogen-bond acceptors (Lipinski definition) is 5. The van der Waals surface area contributed by atoms with Crippen molar-refractivity contribution in [3.05, 3.63) is 74.9 Å². The molecule has 0 saturated heterocycles. The lowest BCUT2D eigenvalue weighted by molar-refractivity contribution is 0.272. The Labute approximate surface area is 149 Å². The summed E-state index contributed by atoms with van der Waals surface area (Å²) in [5.41, 5.74) is 0.902. The van der Waals surface area contributed by atoms with E-state index < -0.39 is 17.5 Å². The quantitative estimate of drug-likeness (QED) is 0.659. The van der Waals surface area contributed by atoms with Gasteiger partial charge in [0.1, 0.15) is 6.67 Å². The molecule has 26 heavy (non-hydrogen) atoms. The van der Waals surface area contributed by atoms with E-state index in [1.165, 1.54) is 28.3 Å². The highest BCUT2D eigenvalue weighted by molar-refractivity contribution is 7.06. The van der Waals surface area contributed by atoms with E-state index in [4.69, 9.17) is 0 Å². The molecule has 0 bridgehead atoms. The molecule has 1 aromatic carbocycles. The van der Waals surface area contributed by atoms with Crippen LogP contribution in [0, 0.1) is 17.5 Å². The van der Waals surface area contributed by atoms with Crippen molar-refractivity contribution in [3.8, 4) is 11.3 Å². The minimum absolute atomic E-state index is 0.0497. The Morgan fingerprint density at radius 3 is 2.69 bits per heavy atom. The lowest BCUT2D eigenvalue weighted by Gasteiger charge is -2.23. The Hall–Kier alpha value is -2.94. The summed E-state index contributed by atoms with van der Waals surface area (Å²) in [7, 11) is 0. The first-order valence-corrected chi connectivity index (χ1v) is 8.37. The third-order valence-electron chi connectivity index (χ3n) is 3.95. The zero-order valence-electron chi connectivity index (χ0n) is 13.2. The van der Waals surface area contributed by atoms with Crippen molar-refractivity contribution in [2.75, 3.05) is 0 Å². The molecule has 0 aliphatic carbocycles. The van der Waals surface area contributed by atoms with Crippen molar-refractivity contribution in [2.45, 2.75) is 13.2 Å². The van der Waals surface area contributed by atoms with Crippen LogP contribution in [0.25, 0.3) is 17.3 Å². The molecule has 0 saturated carbocycles. The maximum absolute atomic E-state index is 13.5. The summed E-state index contributed by atoms with van der Waals surface area (Å²) in [4.78, 5) is 15.0. The Morgan fingerprint density at radius 2 is 1.92 bits per heavy atom. The summed E-state index contributed by atoms with van der Waals surface area (Å²) >= 11 is 1.39. The normalized spacial score (nSPS) is 13.1. The highest BCUT2D eigenvalue weighted by atomic mass is 32.1. The van der Waals surface area contributed by atoms with Crippen molar-refractivity contribution in [1.29, 1.82) is 0 Å². The number of halogens is 3. The molecule has 3 heterocycles. The van der Waals surface area contributed by atoms with Crippen LogP contribution in [0.1, 0.15) is 10.4 Å². The molecular formula is C17H11F3N4OS. The maximum Gasteiger partial charge on any atom is 0.268 e. The van der Waals surface area contributed by atoms with Gasteiger partial charge < -0.3 is 4.90 Å². The molecule has 9 heteroatoms. The molecule has 3 aromatic rings. The molecule has 0 amide bonds. The summed E-state index contributed by atoms with van der Waals surface area (Å²) in [6.45, 7) is 0.727. The summed E-state index contributed by atoms with van der Waals surface area (Å²) in [6, 6.07) is 4.30. The molecule has 1 aliphatic rings. The topological polar surface area (TPSA) is 51.0 Å². The van der Waals surface area contributed by atoms with Gasteiger partial charge in [0.15, 0.2) is 17.5 Å². The van der Waals surface area contributed by atoms with Gasteiger partial charge in [-0.1, -0.05) is 0 Å². The summed E-state index contributed by atoms with van der Waals surface area (Å²) in [5.74, 6) is -4.16. The second-order valence-corrected chi connectivity index (χ2v) is 6.56. The van der Waals surface area contributed by atoms with Gasteiger partial charge in [0.2, 0.25) is 0 Å². The lowest BCUT2D eigenvalue weighted by Crippen LogP contribution is -2.31. The van der Waals surface area contributed by atoms with Gasteiger partial charge in [-0.2, -0.15) is 5.10 Å². The predicted octanol–water partition coefficient (Wildman–Crippen LogP) is 3.23. The maximum atomic E-state index is 13.5. The fourth-order valence-electron chi connectivity index (χ4n) is 2.65. The molecule has 5 nitrogen and oxygen atoms in total. The van der Waals surface area contributed by atoms with E-state index in [0.29, 0.717) is 6.54 Å². The highest BCUT2D eigenvalue weighted by Crippen LogP contribution is 2.23. The Bertz CT molecular complexity index is 1050. The average Bonchev–Trinajstić information content (AvgIpc) is 3.09. The molecule has 0 atom stereocenters. The fraction of sp³-hybridized carbons (Fsp3) is 0.118. The van der Waals surface area contributed by atoms with Gasteiger partial charge in [-0.05, 0) is 35.8 Å². The van der Waals surface area contributed by atoms with Crippen LogP contribution in [-0.2, 0) is 13.2 Å². The van der Waals surface area contributed by atoms with Gasteiger partial charge in [-0.25, -0.2) is 22.2 Å². The van der Waals surface area contributed by atoms with Crippen LogP contribution in [0.15, 0.2) is 41.5 Å². The van der Waals surface area contributed by atoms with E-state index in [-0.39, 0.29) is 23.5 Å². The van der Waals surface area contributed by atoms with Gasteiger partial charge in [0, 0.05) is 36.1 Å². The monoisotopic (exact) mass is 376 g/mol. The van der Waals surface area contributed by atoms with E-state index in [0.717, 1.165) is 22.6 Å². The molecular weight excluding hydrogens is 365 g/mol. The highest BCUT2D eigenvalue weighted by Gasteiger charge is 2.16. The fourth-order valence-corrected chi connectivity index (χ4v) is 3.30. The zero-order valence-corrected chi connectivity index (χ0v) is 14.0. The molecule has 0 spiro atoms. The number of aromatic nitrogens is 3. The molecule has 0 radical (unpaired) electrons. The number of fused-ring (bicyclic) bond motifs is 1. The molecule has 4 rings (SSSR count). The first-order valence-electron chi connectivity index (χ1n) is 7.60. The van der Waals surface area contributed by atoms with Crippen LogP contribution in [0.5, 0.6) is 0 Å². The van der Waals surface area contributed by atoms with Crippen molar-refractivity contribution < 1.29 is 13.2 Å². The van der Waals surface area contributed by atoms with E-state index in [9.17, 15) is 18.0 Å². The number of rotatable bonds is 3. The second kappa shape index (κ2) is 6.41. The number of hydrogen-bond donors (Lipinski definition) is 0. The minimum Gasteiger partial charge on any atom is -0.354 e. The third kappa shape index (κ3) is 3.01. The van der Waals surface area contributed by atoms with Crippen LogP contribution in [0.3, 0.4) is 0 Å². The van der Waals surface area contributed by atoms with Gasteiger partial charge in [-0.3, -0.25) is 4.79 Å². The Morgan fingerprint density at radius 1 is 1.15 bits per heavy atom. The van der Waals surface area contributed by atoms with Crippen LogP contribution in [-0.4, -0.2) is 19.1 Å². The first-order chi connectivity index (χ1) is 12.5. The van der Waals surface area contributed by atoms with Gasteiger partial charge in [0.05, 0.1) is 10.6 Å². The first kappa shape index (κ1) is 16.5. The summed E-state index contributed by atoms with van der Waals surface area (Å²) < 4.78 is 45.3. The number of benzene rings is 1. The van der Waals surface area contributed by atoms with Crippen molar-refractivity contribution in [2.24, 2.45) is 0 Å². The van der Waals surface area contributed by atoms with Crippen LogP contribution < -0.4 is 5.56 Å². The van der Waals surface area contributed by atoms with Crippen LogP contribution in [0.2, 0.25) is 0 Å². The second-order valence-electron chi connectivity index (χ2n) is 5.73. The SMILES string of the molecule is O=c1ccc(-c2cc(F)c(F)c(F)c2)nn1CN1C=Cc2sncc2C1. The van der Waals surface area contributed by atoms with Gasteiger partial charge in [-0.15, -0.1) is 0 Å². The molecule has 1 aliphatic heterocycles. The van der Waals surface area contributed by atoms with Crippen LogP contribution in [0.4, 0.5) is 13.2 Å². The van der Waals surface area contributed by atoms with Crippen LogP contribution >= 0.6 is 11.5 Å². The smallest absolute Gasteiger partial charge is 0.268 e. The van der Waals surface area contributed by atoms with Gasteiger partial charge >= 0.3 is 0 Å². The van der Waals surface area contributed by atoms with E-state index in [1.54, 1.807) is 6.20 Å². The Balaban J connectivity index is 1.64. The van der Waals surface area contributed by atoms with E-state index >= 15 is 0 Å². The third-order valence-corrected chi connectivity index (χ3v) is 4.75. The molecule has 132 valence electrons. The largest absolute Gasteiger partial charge is 0.354 e. The molecule has 0 N–H and O–H groups in total. The standard InChI is InChI=1S/C17H11F3N4OS/c18-12-5-10(6-13(19)17(12)20)14-1-2-16(25)24(22-14)9-23-4-3-15-11(8-23)7-21-26-15/h1-7H,8-9H2. The van der Waals surface area contributed by atoms with Gasteiger partial charge in [0.25, 0.3) is 5.56 Å². The predicted molar refractivity (Wildman–Crippen MR) is 90.5 cm³/mol. The minimum atomic E-state index is -1.54. The Kier molecular flexibility index (Phi) is 4.08. The number of nitrogens with zero attached hydrogens (tertiary/aromatic N) is 4. The summed E-state index contributed by atoms with van der Waals surface area (Å²) in [6.07, 6.45) is 5.50. The van der Waals surface area contributed by atoms with Crippen molar-refractivity contribution in [1.82, 2.24) is 19.1 Å². The van der Waals surface area contributed by atoms with Crippen molar-refractivity contribution >= 4 is 17.6 Å². The molecule has 0 unspecified atom stereocenters. The van der Waals surface area contributed by atoms with E-state index in [2.05, 4.69) is 9.47 Å². The van der Waals surface area contributed by atoms with E-state index in [1.807, 2.05) is 17.2 Å². The zero-order chi connectivity index (χ0) is 18.3. The summed E-state index contributed by atoms with van der Waals surface area (Å²) in [5, 5.41) is 4.15. The van der Waals surface area contributed by atoms with Crippen molar-refractivity contribution in [3.63, 3.8) is 0 Å². The lowest BCUT2D eigenvalue weighted by atomic mass is 10.1.